The lowest BCUT2D eigenvalue weighted by Gasteiger charge is -2.10. The van der Waals surface area contributed by atoms with Crippen molar-refractivity contribution < 1.29 is 19.6 Å². The SMILES string of the molecule is C[C@H](NC(=O)c1cccc([N+](=O)[O-])c1Cl)C(=O)O. The molecule has 1 aromatic carbocycles. The number of benzene rings is 1. The molecule has 0 fully saturated rings. The second-order valence-corrected chi connectivity index (χ2v) is 3.81. The summed E-state index contributed by atoms with van der Waals surface area (Å²) in [6, 6.07) is 2.61. The lowest BCUT2D eigenvalue weighted by Crippen LogP contribution is -2.38. The summed E-state index contributed by atoms with van der Waals surface area (Å²) in [5, 5.41) is 21.1. The Morgan fingerprint density at radius 1 is 1.50 bits per heavy atom. The van der Waals surface area contributed by atoms with E-state index in [9.17, 15) is 19.7 Å². The minimum absolute atomic E-state index is 0.140. The molecule has 0 spiro atoms. The van der Waals surface area contributed by atoms with Gasteiger partial charge in [-0.3, -0.25) is 19.7 Å². The van der Waals surface area contributed by atoms with Gasteiger partial charge in [-0.1, -0.05) is 17.7 Å². The number of halogens is 1. The van der Waals surface area contributed by atoms with E-state index in [-0.39, 0.29) is 10.6 Å². The number of carbonyl (C=O) groups is 2. The highest BCUT2D eigenvalue weighted by Crippen LogP contribution is 2.27. The molecule has 0 aliphatic heterocycles. The van der Waals surface area contributed by atoms with Crippen molar-refractivity contribution in [2.75, 3.05) is 0 Å². The van der Waals surface area contributed by atoms with Gasteiger partial charge in [-0.25, -0.2) is 0 Å². The number of carboxylic acids is 1. The Hall–Kier alpha value is -2.15. The number of amides is 1. The topological polar surface area (TPSA) is 110 Å². The van der Waals surface area contributed by atoms with Crippen molar-refractivity contribution in [3.8, 4) is 0 Å². The summed E-state index contributed by atoms with van der Waals surface area (Å²) >= 11 is 5.71. The molecule has 0 radical (unpaired) electrons. The van der Waals surface area contributed by atoms with E-state index in [1.807, 2.05) is 0 Å². The number of rotatable bonds is 4. The van der Waals surface area contributed by atoms with Gasteiger partial charge < -0.3 is 10.4 Å². The van der Waals surface area contributed by atoms with Gasteiger partial charge in [-0.2, -0.15) is 0 Å². The van der Waals surface area contributed by atoms with Crippen LogP contribution in [0.15, 0.2) is 18.2 Å². The van der Waals surface area contributed by atoms with Gasteiger partial charge in [-0.05, 0) is 13.0 Å². The lowest BCUT2D eigenvalue weighted by molar-refractivity contribution is -0.384. The molecule has 8 heteroatoms. The third-order valence-electron chi connectivity index (χ3n) is 2.14. The van der Waals surface area contributed by atoms with Gasteiger partial charge in [0, 0.05) is 6.07 Å². The molecular formula is C10H9ClN2O5. The van der Waals surface area contributed by atoms with Gasteiger partial charge >= 0.3 is 5.97 Å². The van der Waals surface area contributed by atoms with Crippen LogP contribution in [0.3, 0.4) is 0 Å². The molecule has 0 bridgehead atoms. The average molecular weight is 273 g/mol. The quantitative estimate of drug-likeness (QED) is 0.637. The Labute approximate surface area is 107 Å². The van der Waals surface area contributed by atoms with Crippen LogP contribution in [-0.4, -0.2) is 27.9 Å². The van der Waals surface area contributed by atoms with E-state index in [2.05, 4.69) is 5.32 Å². The molecular weight excluding hydrogens is 264 g/mol. The Morgan fingerprint density at radius 2 is 2.11 bits per heavy atom. The second kappa shape index (κ2) is 5.46. The van der Waals surface area contributed by atoms with Crippen LogP contribution >= 0.6 is 11.6 Å². The summed E-state index contributed by atoms with van der Waals surface area (Å²) in [6.07, 6.45) is 0. The standard InChI is InChI=1S/C10H9ClN2O5/c1-5(10(15)16)12-9(14)6-3-2-4-7(8(6)11)13(17)18/h2-5H,1H3,(H,12,14)(H,15,16)/t5-/m0/s1. The Bertz CT molecular complexity index is 517. The minimum Gasteiger partial charge on any atom is -0.480 e. The highest BCUT2D eigenvalue weighted by Gasteiger charge is 2.22. The van der Waals surface area contributed by atoms with E-state index in [1.165, 1.54) is 19.1 Å². The predicted octanol–water partition coefficient (Wildman–Crippen LogP) is 1.45. The molecule has 0 aliphatic rings. The molecule has 18 heavy (non-hydrogen) atoms. The molecule has 0 heterocycles. The average Bonchev–Trinajstić information content (AvgIpc) is 2.28. The van der Waals surface area contributed by atoms with E-state index in [0.717, 1.165) is 6.07 Å². The summed E-state index contributed by atoms with van der Waals surface area (Å²) in [7, 11) is 0. The first-order valence-electron chi connectivity index (χ1n) is 4.81. The molecule has 7 nitrogen and oxygen atoms in total. The number of carboxylic acid groups (broad SMARTS) is 1. The van der Waals surface area contributed by atoms with E-state index in [1.54, 1.807) is 0 Å². The second-order valence-electron chi connectivity index (χ2n) is 3.43. The van der Waals surface area contributed by atoms with Crippen LogP contribution in [0.1, 0.15) is 17.3 Å². The largest absolute Gasteiger partial charge is 0.480 e. The lowest BCUT2D eigenvalue weighted by atomic mass is 10.1. The summed E-state index contributed by atoms with van der Waals surface area (Å²) < 4.78 is 0. The van der Waals surface area contributed by atoms with Gasteiger partial charge in [0.2, 0.25) is 0 Å². The monoisotopic (exact) mass is 272 g/mol. The molecule has 1 aromatic rings. The normalized spacial score (nSPS) is 11.7. The van der Waals surface area contributed by atoms with Crippen LogP contribution in [0.5, 0.6) is 0 Å². The maximum atomic E-state index is 11.7. The van der Waals surface area contributed by atoms with Crippen LogP contribution in [0.4, 0.5) is 5.69 Å². The van der Waals surface area contributed by atoms with Crippen LogP contribution in [0.25, 0.3) is 0 Å². The van der Waals surface area contributed by atoms with Gasteiger partial charge in [-0.15, -0.1) is 0 Å². The smallest absolute Gasteiger partial charge is 0.325 e. The number of nitrogens with one attached hydrogen (secondary N) is 1. The fraction of sp³-hybridized carbons (Fsp3) is 0.200. The van der Waals surface area contributed by atoms with E-state index in [4.69, 9.17) is 16.7 Å². The van der Waals surface area contributed by atoms with Gasteiger partial charge in [0.05, 0.1) is 10.5 Å². The first kappa shape index (κ1) is 13.9. The minimum atomic E-state index is -1.22. The zero-order valence-electron chi connectivity index (χ0n) is 9.21. The summed E-state index contributed by atoms with van der Waals surface area (Å²) in [5.41, 5.74) is -0.550. The van der Waals surface area contributed by atoms with Crippen LogP contribution in [0.2, 0.25) is 5.02 Å². The number of nitro benzene ring substituents is 1. The molecule has 96 valence electrons. The zero-order valence-corrected chi connectivity index (χ0v) is 9.97. The fourth-order valence-electron chi connectivity index (χ4n) is 1.17. The van der Waals surface area contributed by atoms with Crippen molar-refractivity contribution in [3.63, 3.8) is 0 Å². The van der Waals surface area contributed by atoms with E-state index in [0.29, 0.717) is 0 Å². The number of hydrogen-bond donors (Lipinski definition) is 2. The molecule has 1 rings (SSSR count). The van der Waals surface area contributed by atoms with Crippen LogP contribution in [0, 0.1) is 10.1 Å². The Kier molecular flexibility index (Phi) is 4.22. The summed E-state index contributed by atoms with van der Waals surface area (Å²) in [5.74, 6) is -2.00. The van der Waals surface area contributed by atoms with Crippen molar-refractivity contribution in [2.24, 2.45) is 0 Å². The molecule has 1 atom stereocenters. The maximum absolute atomic E-state index is 11.7. The number of aliphatic carboxylic acids is 1. The molecule has 0 unspecified atom stereocenters. The maximum Gasteiger partial charge on any atom is 0.325 e. The summed E-state index contributed by atoms with van der Waals surface area (Å²) in [6.45, 7) is 1.27. The Morgan fingerprint density at radius 3 is 2.61 bits per heavy atom. The predicted molar refractivity (Wildman–Crippen MR) is 62.7 cm³/mol. The molecule has 0 saturated heterocycles. The summed E-state index contributed by atoms with van der Waals surface area (Å²) in [4.78, 5) is 32.1. The highest BCUT2D eigenvalue weighted by atomic mass is 35.5. The van der Waals surface area contributed by atoms with Crippen molar-refractivity contribution >= 4 is 29.2 Å². The zero-order chi connectivity index (χ0) is 13.9. The van der Waals surface area contributed by atoms with Gasteiger partial charge in [0.1, 0.15) is 11.1 Å². The number of hydrogen-bond acceptors (Lipinski definition) is 4. The van der Waals surface area contributed by atoms with Gasteiger partial charge in [0.15, 0.2) is 0 Å². The van der Waals surface area contributed by atoms with Crippen molar-refractivity contribution in [1.29, 1.82) is 0 Å². The van der Waals surface area contributed by atoms with Gasteiger partial charge in [0.25, 0.3) is 11.6 Å². The van der Waals surface area contributed by atoms with E-state index < -0.39 is 28.5 Å². The molecule has 0 saturated carbocycles. The molecule has 1 amide bonds. The third kappa shape index (κ3) is 2.95. The van der Waals surface area contributed by atoms with Crippen LogP contribution in [-0.2, 0) is 4.79 Å². The van der Waals surface area contributed by atoms with Crippen molar-refractivity contribution in [2.45, 2.75) is 13.0 Å². The fourth-order valence-corrected chi connectivity index (χ4v) is 1.45. The molecule has 2 N–H and O–H groups in total. The highest BCUT2D eigenvalue weighted by molar-refractivity contribution is 6.35. The van der Waals surface area contributed by atoms with Crippen molar-refractivity contribution in [1.82, 2.24) is 5.32 Å². The van der Waals surface area contributed by atoms with Crippen molar-refractivity contribution in [3.05, 3.63) is 38.9 Å². The Balaban J connectivity index is 3.04. The number of carbonyl (C=O) groups excluding carboxylic acids is 1. The number of nitro groups is 1. The third-order valence-corrected chi connectivity index (χ3v) is 2.53. The molecule has 0 aliphatic carbocycles. The van der Waals surface area contributed by atoms with E-state index >= 15 is 0 Å². The first-order valence-corrected chi connectivity index (χ1v) is 5.19. The molecule has 0 aromatic heterocycles. The number of nitrogens with zero attached hydrogens (tertiary/aromatic N) is 1. The first-order chi connectivity index (χ1) is 8.34. The van der Waals surface area contributed by atoms with Crippen LogP contribution < -0.4 is 5.32 Å².